The van der Waals surface area contributed by atoms with Crippen LogP contribution in [0.5, 0.6) is 0 Å². The van der Waals surface area contributed by atoms with Gasteiger partial charge in [-0.2, -0.15) is 0 Å². The second-order valence-corrected chi connectivity index (χ2v) is 4.12. The lowest BCUT2D eigenvalue weighted by atomic mass is 10.1. The third-order valence-corrected chi connectivity index (χ3v) is 2.84. The smallest absolute Gasteiger partial charge is 0.0704 e. The molecular formula is C12H18N2. The molecule has 0 aromatic heterocycles. The molecule has 1 heterocycles. The van der Waals surface area contributed by atoms with Gasteiger partial charge in [0.15, 0.2) is 0 Å². The summed E-state index contributed by atoms with van der Waals surface area (Å²) in [7, 11) is 2.18. The molecule has 0 amide bonds. The minimum absolute atomic E-state index is 1.06. The van der Waals surface area contributed by atoms with Gasteiger partial charge < -0.3 is 4.90 Å². The highest BCUT2D eigenvalue weighted by Gasteiger charge is 2.15. The van der Waals surface area contributed by atoms with Crippen LogP contribution in [0.1, 0.15) is 12.0 Å². The van der Waals surface area contributed by atoms with E-state index in [1.165, 1.54) is 30.8 Å². The zero-order chi connectivity index (χ0) is 9.97. The lowest BCUT2D eigenvalue weighted by Crippen LogP contribution is -2.43. The van der Waals surface area contributed by atoms with Crippen molar-refractivity contribution in [1.29, 1.82) is 0 Å². The van der Waals surface area contributed by atoms with E-state index in [1.807, 2.05) is 0 Å². The number of benzene rings is 1. The zero-order valence-electron chi connectivity index (χ0n) is 9.03. The Morgan fingerprint density at radius 3 is 2.64 bits per heavy atom. The molecule has 1 aliphatic heterocycles. The van der Waals surface area contributed by atoms with Crippen molar-refractivity contribution in [2.24, 2.45) is 0 Å². The molecule has 2 nitrogen and oxygen atoms in total. The molecule has 0 unspecified atom stereocenters. The largest absolute Gasteiger partial charge is 0.358 e. The maximum Gasteiger partial charge on any atom is 0.0704 e. The van der Waals surface area contributed by atoms with E-state index in [2.05, 4.69) is 48.0 Å². The Bertz CT molecular complexity index is 309. The van der Waals surface area contributed by atoms with E-state index in [0.717, 1.165) is 6.67 Å². The monoisotopic (exact) mass is 190 g/mol. The van der Waals surface area contributed by atoms with Crippen LogP contribution in [0.4, 0.5) is 5.69 Å². The van der Waals surface area contributed by atoms with Crippen molar-refractivity contribution in [2.75, 3.05) is 31.7 Å². The van der Waals surface area contributed by atoms with Crippen molar-refractivity contribution in [1.82, 2.24) is 4.90 Å². The van der Waals surface area contributed by atoms with Crippen LogP contribution in [-0.4, -0.2) is 31.7 Å². The van der Waals surface area contributed by atoms with Crippen LogP contribution in [0.3, 0.4) is 0 Å². The van der Waals surface area contributed by atoms with Crippen LogP contribution < -0.4 is 4.90 Å². The van der Waals surface area contributed by atoms with Gasteiger partial charge in [-0.05, 0) is 32.0 Å². The van der Waals surface area contributed by atoms with Gasteiger partial charge in [-0.3, -0.25) is 4.90 Å². The first-order chi connectivity index (χ1) is 6.77. The Balaban J connectivity index is 2.18. The summed E-state index contributed by atoms with van der Waals surface area (Å²) in [4.78, 5) is 4.83. The molecule has 2 rings (SSSR count). The first kappa shape index (κ1) is 9.53. The quantitative estimate of drug-likeness (QED) is 0.669. The predicted molar refractivity (Wildman–Crippen MR) is 60.6 cm³/mol. The average Bonchev–Trinajstić information content (AvgIpc) is 2.18. The molecule has 0 N–H and O–H groups in total. The predicted octanol–water partition coefficient (Wildman–Crippen LogP) is 2.09. The Morgan fingerprint density at radius 2 is 1.93 bits per heavy atom. The van der Waals surface area contributed by atoms with E-state index in [9.17, 15) is 0 Å². The maximum absolute atomic E-state index is 2.46. The molecule has 76 valence electrons. The van der Waals surface area contributed by atoms with Gasteiger partial charge in [0.1, 0.15) is 0 Å². The van der Waals surface area contributed by atoms with Gasteiger partial charge in [-0.15, -0.1) is 0 Å². The molecule has 1 fully saturated rings. The Morgan fingerprint density at radius 1 is 1.14 bits per heavy atom. The Kier molecular flexibility index (Phi) is 2.73. The first-order valence-corrected chi connectivity index (χ1v) is 5.26. The lowest BCUT2D eigenvalue weighted by molar-refractivity contribution is 0.292. The summed E-state index contributed by atoms with van der Waals surface area (Å²) in [6, 6.07) is 8.63. The van der Waals surface area contributed by atoms with Crippen molar-refractivity contribution in [3.05, 3.63) is 29.8 Å². The molecule has 1 saturated heterocycles. The van der Waals surface area contributed by atoms with Crippen LogP contribution in [-0.2, 0) is 0 Å². The molecule has 0 saturated carbocycles. The molecule has 0 bridgehead atoms. The molecule has 1 aromatic rings. The Labute approximate surface area is 86.1 Å². The summed E-state index contributed by atoms with van der Waals surface area (Å²) in [5.74, 6) is 0. The summed E-state index contributed by atoms with van der Waals surface area (Å²) >= 11 is 0. The van der Waals surface area contributed by atoms with Gasteiger partial charge >= 0.3 is 0 Å². The van der Waals surface area contributed by atoms with Crippen molar-refractivity contribution in [3.63, 3.8) is 0 Å². The zero-order valence-corrected chi connectivity index (χ0v) is 9.03. The van der Waals surface area contributed by atoms with Crippen LogP contribution in [0.15, 0.2) is 24.3 Å². The number of para-hydroxylation sites is 1. The highest BCUT2D eigenvalue weighted by molar-refractivity contribution is 5.52. The summed E-state index contributed by atoms with van der Waals surface area (Å²) in [6.07, 6.45) is 1.27. The SMILES string of the molecule is Cc1ccccc1N1CCCN(C)C1. The molecule has 0 radical (unpaired) electrons. The summed E-state index contributed by atoms with van der Waals surface area (Å²) in [5, 5.41) is 0. The van der Waals surface area contributed by atoms with E-state index in [4.69, 9.17) is 0 Å². The third-order valence-electron chi connectivity index (χ3n) is 2.84. The van der Waals surface area contributed by atoms with Crippen LogP contribution in [0, 0.1) is 6.92 Å². The molecular weight excluding hydrogens is 172 g/mol. The molecule has 1 aromatic carbocycles. The summed E-state index contributed by atoms with van der Waals surface area (Å²) in [5.41, 5.74) is 2.77. The normalized spacial score (nSPS) is 18.6. The number of aryl methyl sites for hydroxylation is 1. The second kappa shape index (κ2) is 4.01. The highest BCUT2D eigenvalue weighted by Crippen LogP contribution is 2.21. The summed E-state index contributed by atoms with van der Waals surface area (Å²) < 4.78 is 0. The third kappa shape index (κ3) is 1.90. The topological polar surface area (TPSA) is 6.48 Å². The molecule has 14 heavy (non-hydrogen) atoms. The fourth-order valence-corrected chi connectivity index (χ4v) is 2.08. The minimum atomic E-state index is 1.06. The van der Waals surface area contributed by atoms with Crippen molar-refractivity contribution in [3.8, 4) is 0 Å². The van der Waals surface area contributed by atoms with Gasteiger partial charge in [-0.1, -0.05) is 18.2 Å². The number of rotatable bonds is 1. The van der Waals surface area contributed by atoms with E-state index in [1.54, 1.807) is 0 Å². The van der Waals surface area contributed by atoms with E-state index in [0.29, 0.717) is 0 Å². The van der Waals surface area contributed by atoms with E-state index >= 15 is 0 Å². The number of nitrogens with zero attached hydrogens (tertiary/aromatic N) is 2. The average molecular weight is 190 g/mol. The van der Waals surface area contributed by atoms with Gasteiger partial charge in [0, 0.05) is 18.8 Å². The first-order valence-electron chi connectivity index (χ1n) is 5.26. The maximum atomic E-state index is 2.46. The van der Waals surface area contributed by atoms with E-state index < -0.39 is 0 Å². The molecule has 0 aliphatic carbocycles. The minimum Gasteiger partial charge on any atom is -0.358 e. The van der Waals surface area contributed by atoms with Gasteiger partial charge in [0.05, 0.1) is 6.67 Å². The number of hydrogen-bond donors (Lipinski definition) is 0. The molecule has 0 spiro atoms. The number of anilines is 1. The second-order valence-electron chi connectivity index (χ2n) is 4.12. The van der Waals surface area contributed by atoms with Gasteiger partial charge in [-0.25, -0.2) is 0 Å². The lowest BCUT2D eigenvalue weighted by Gasteiger charge is -2.35. The fourth-order valence-electron chi connectivity index (χ4n) is 2.08. The van der Waals surface area contributed by atoms with Crippen molar-refractivity contribution < 1.29 is 0 Å². The molecule has 1 aliphatic rings. The fraction of sp³-hybridized carbons (Fsp3) is 0.500. The van der Waals surface area contributed by atoms with E-state index in [-0.39, 0.29) is 0 Å². The molecule has 2 heteroatoms. The number of hydrogen-bond acceptors (Lipinski definition) is 2. The standard InChI is InChI=1S/C12H18N2/c1-11-6-3-4-7-12(11)14-9-5-8-13(2)10-14/h3-4,6-7H,5,8-10H2,1-2H3. The summed E-state index contributed by atoms with van der Waals surface area (Å²) in [6.45, 7) is 5.66. The molecule has 0 atom stereocenters. The van der Waals surface area contributed by atoms with Crippen LogP contribution in [0.2, 0.25) is 0 Å². The van der Waals surface area contributed by atoms with Crippen LogP contribution >= 0.6 is 0 Å². The van der Waals surface area contributed by atoms with Crippen molar-refractivity contribution in [2.45, 2.75) is 13.3 Å². The van der Waals surface area contributed by atoms with Gasteiger partial charge in [0.25, 0.3) is 0 Å². The van der Waals surface area contributed by atoms with Gasteiger partial charge in [0.2, 0.25) is 0 Å². The van der Waals surface area contributed by atoms with Crippen molar-refractivity contribution >= 4 is 5.69 Å². The highest BCUT2D eigenvalue weighted by atomic mass is 15.3. The Hall–Kier alpha value is -1.02. The van der Waals surface area contributed by atoms with Crippen LogP contribution in [0.25, 0.3) is 0 Å².